The van der Waals surface area contributed by atoms with Gasteiger partial charge in [0.15, 0.2) is 6.54 Å². The number of aromatic nitrogens is 1. The van der Waals surface area contributed by atoms with E-state index in [4.69, 9.17) is 4.55 Å². The maximum atomic E-state index is 11.2. The van der Waals surface area contributed by atoms with Gasteiger partial charge in [-0.3, -0.25) is 4.55 Å². The summed E-state index contributed by atoms with van der Waals surface area (Å²) >= 11 is 3.48. The van der Waals surface area contributed by atoms with Gasteiger partial charge in [-0.25, -0.2) is 0 Å². The topological polar surface area (TPSA) is 61.5 Å². The molecule has 4 rings (SSSR count). The normalized spacial score (nSPS) is 15.5. The molecule has 1 aliphatic heterocycles. The Balaban J connectivity index is 1.56. The summed E-state index contributed by atoms with van der Waals surface area (Å²) in [5, 5.41) is 2.26. The number of aryl methyl sites for hydroxylation is 1. The molecule has 1 aromatic heterocycles. The zero-order valence-electron chi connectivity index (χ0n) is 20.4. The number of fused-ring (bicyclic) bond motifs is 2. The predicted octanol–water partition coefficient (Wildman–Crippen LogP) is 5.03. The van der Waals surface area contributed by atoms with Crippen molar-refractivity contribution in [2.45, 2.75) is 24.3 Å². The molecule has 2 aromatic carbocycles. The fraction of sp³-hybridized carbons (Fsp3) is 0.346. The maximum absolute atomic E-state index is 11.2. The highest BCUT2D eigenvalue weighted by molar-refractivity contribution is 8.03. The Morgan fingerprint density at radius 1 is 1.06 bits per heavy atom. The van der Waals surface area contributed by atoms with Crippen LogP contribution in [-0.2, 0) is 16.7 Å². The van der Waals surface area contributed by atoms with Gasteiger partial charge >= 0.3 is 0 Å². The first-order chi connectivity index (χ1) is 16.6. The number of hydrogen-bond donors (Lipinski definition) is 1. The predicted molar refractivity (Wildman–Crippen MR) is 147 cm³/mol. The second-order valence-corrected chi connectivity index (χ2v) is 13.3. The molecule has 0 atom stereocenters. The summed E-state index contributed by atoms with van der Waals surface area (Å²) in [5.41, 5.74) is 2.34. The molecule has 3 aromatic rings. The standard InChI is InChI=1S/C26H32N3O3S3/c1-29(2,3)19-9-17-27-21-11-4-6-13-23(21)33-25(27)15-8-16-26-28(18-10-20-35(30,31)32)22-12-5-7-14-24(22)34-26/h4-8,11-16H,9-10,17-20H2,1-3H3/q+1/p+1. The minimum Gasteiger partial charge on any atom is -0.335 e. The molecule has 2 heterocycles. The Kier molecular flexibility index (Phi) is 8.02. The molecule has 0 bridgehead atoms. The molecule has 0 aliphatic carbocycles. The summed E-state index contributed by atoms with van der Waals surface area (Å²) in [4.78, 5) is 3.69. The summed E-state index contributed by atoms with van der Waals surface area (Å²) in [7, 11) is 2.71. The molecule has 9 heteroatoms. The van der Waals surface area contributed by atoms with E-state index < -0.39 is 10.1 Å². The molecule has 0 saturated carbocycles. The Morgan fingerprint density at radius 3 is 2.57 bits per heavy atom. The molecule has 0 saturated heterocycles. The smallest absolute Gasteiger partial charge is 0.265 e. The van der Waals surface area contributed by atoms with Gasteiger partial charge in [0, 0.05) is 36.4 Å². The van der Waals surface area contributed by atoms with Crippen molar-refractivity contribution in [1.29, 1.82) is 0 Å². The molecule has 186 valence electrons. The number of thiazole rings is 1. The van der Waals surface area contributed by atoms with E-state index in [1.165, 1.54) is 15.6 Å². The lowest BCUT2D eigenvalue weighted by Gasteiger charge is -2.26. The van der Waals surface area contributed by atoms with Crippen LogP contribution < -0.4 is 9.47 Å². The molecule has 6 nitrogen and oxygen atoms in total. The van der Waals surface area contributed by atoms with Gasteiger partial charge in [0.2, 0.25) is 5.52 Å². The van der Waals surface area contributed by atoms with Crippen LogP contribution in [0.25, 0.3) is 16.3 Å². The maximum Gasteiger partial charge on any atom is 0.265 e. The van der Waals surface area contributed by atoms with Gasteiger partial charge < -0.3 is 9.38 Å². The van der Waals surface area contributed by atoms with Crippen molar-refractivity contribution >= 4 is 55.2 Å². The molecule has 0 radical (unpaired) electrons. The highest BCUT2D eigenvalue weighted by Gasteiger charge is 2.25. The van der Waals surface area contributed by atoms with Crippen molar-refractivity contribution in [1.82, 2.24) is 0 Å². The van der Waals surface area contributed by atoms with Gasteiger partial charge in [-0.1, -0.05) is 53.4 Å². The van der Waals surface area contributed by atoms with Gasteiger partial charge in [0.25, 0.3) is 15.1 Å². The van der Waals surface area contributed by atoms with Crippen molar-refractivity contribution in [3.63, 3.8) is 0 Å². The monoisotopic (exact) mass is 531 g/mol. The highest BCUT2D eigenvalue weighted by Crippen LogP contribution is 2.45. The molecule has 0 unspecified atom stereocenters. The number of anilines is 1. The Bertz CT molecular complexity index is 1350. The van der Waals surface area contributed by atoms with Crippen molar-refractivity contribution in [2.24, 2.45) is 0 Å². The zero-order chi connectivity index (χ0) is 25.1. The average molecular weight is 532 g/mol. The van der Waals surface area contributed by atoms with E-state index in [0.29, 0.717) is 13.0 Å². The van der Waals surface area contributed by atoms with Crippen molar-refractivity contribution < 1.29 is 22.0 Å². The van der Waals surface area contributed by atoms with E-state index in [-0.39, 0.29) is 5.75 Å². The van der Waals surface area contributed by atoms with Gasteiger partial charge in [0.1, 0.15) is 4.70 Å². The second kappa shape index (κ2) is 10.8. The van der Waals surface area contributed by atoms with E-state index in [1.54, 1.807) is 23.1 Å². The molecular formula is C26H33N3O3S3+2. The van der Waals surface area contributed by atoms with Crippen LogP contribution in [0, 0.1) is 0 Å². The molecule has 1 aliphatic rings. The van der Waals surface area contributed by atoms with Gasteiger partial charge in [-0.2, -0.15) is 13.0 Å². The van der Waals surface area contributed by atoms with Gasteiger partial charge in [-0.05, 0) is 24.3 Å². The third kappa shape index (κ3) is 6.95. The second-order valence-electron chi connectivity index (χ2n) is 9.65. The Hall–Kier alpha value is -2.17. The van der Waals surface area contributed by atoms with Crippen LogP contribution in [0.5, 0.6) is 0 Å². The number of nitrogens with zero attached hydrogens (tertiary/aromatic N) is 3. The molecule has 0 fully saturated rings. The van der Waals surface area contributed by atoms with Crippen molar-refractivity contribution in [3.8, 4) is 0 Å². The number of thioether (sulfide) groups is 1. The third-order valence-electron chi connectivity index (χ3n) is 5.75. The van der Waals surface area contributed by atoms with Crippen molar-refractivity contribution in [2.75, 3.05) is 44.9 Å². The van der Waals surface area contributed by atoms with Crippen LogP contribution in [0.4, 0.5) is 5.69 Å². The minimum absolute atomic E-state index is 0.242. The molecular weight excluding hydrogens is 499 g/mol. The van der Waals surface area contributed by atoms with Gasteiger partial charge in [-0.15, -0.1) is 0 Å². The van der Waals surface area contributed by atoms with E-state index in [2.05, 4.69) is 79.2 Å². The fourth-order valence-electron chi connectivity index (χ4n) is 4.14. The van der Waals surface area contributed by atoms with Crippen LogP contribution >= 0.6 is 23.1 Å². The van der Waals surface area contributed by atoms with E-state index in [0.717, 1.165) is 39.2 Å². The average Bonchev–Trinajstić information content (AvgIpc) is 3.30. The summed E-state index contributed by atoms with van der Waals surface area (Å²) in [6, 6.07) is 16.7. The van der Waals surface area contributed by atoms with E-state index in [9.17, 15) is 8.42 Å². The quantitative estimate of drug-likeness (QED) is 0.226. The Morgan fingerprint density at radius 2 is 1.80 bits per heavy atom. The van der Waals surface area contributed by atoms with Crippen LogP contribution in [0.1, 0.15) is 17.8 Å². The lowest BCUT2D eigenvalue weighted by molar-refractivity contribution is -0.870. The zero-order valence-corrected chi connectivity index (χ0v) is 22.9. The lowest BCUT2D eigenvalue weighted by Crippen LogP contribution is -2.37. The first-order valence-electron chi connectivity index (χ1n) is 11.7. The summed E-state index contributed by atoms with van der Waals surface area (Å²) < 4.78 is 35.8. The molecule has 1 N–H and O–H groups in total. The largest absolute Gasteiger partial charge is 0.335 e. The Labute approximate surface area is 216 Å². The summed E-state index contributed by atoms with van der Waals surface area (Å²) in [6.45, 7) is 2.60. The number of allylic oxidation sites excluding steroid dienone is 2. The first-order valence-corrected chi connectivity index (χ1v) is 14.9. The summed E-state index contributed by atoms with van der Waals surface area (Å²) in [5.74, 6) is -0.242. The number of para-hydroxylation sites is 2. The van der Waals surface area contributed by atoms with E-state index in [1.807, 2.05) is 18.2 Å². The SMILES string of the molecule is C[N+](C)(C)CCCN1/C(=C\C=C\c2sc3ccccc3[n+]2CCCS(=O)(=O)O)Sc2ccccc21. The van der Waals surface area contributed by atoms with Crippen molar-refractivity contribution in [3.05, 3.63) is 70.7 Å². The number of quaternary nitrogens is 1. The van der Waals surface area contributed by atoms with Crippen LogP contribution in [-0.4, -0.2) is 57.4 Å². The van der Waals surface area contributed by atoms with Gasteiger partial charge in [0.05, 0.1) is 44.2 Å². The number of rotatable bonds is 10. The van der Waals surface area contributed by atoms with Crippen LogP contribution in [0.2, 0.25) is 0 Å². The third-order valence-corrected chi connectivity index (χ3v) is 8.81. The molecule has 0 spiro atoms. The number of benzene rings is 2. The highest BCUT2D eigenvalue weighted by atomic mass is 32.2. The molecule has 0 amide bonds. The minimum atomic E-state index is -3.97. The summed E-state index contributed by atoms with van der Waals surface area (Å²) in [6.07, 6.45) is 7.81. The lowest BCUT2D eigenvalue weighted by atomic mass is 10.2. The van der Waals surface area contributed by atoms with Crippen LogP contribution in [0.15, 0.2) is 70.6 Å². The number of hydrogen-bond acceptors (Lipinski definition) is 5. The van der Waals surface area contributed by atoms with Crippen LogP contribution in [0.3, 0.4) is 0 Å². The fourth-order valence-corrected chi connectivity index (χ4v) is 6.83. The van der Waals surface area contributed by atoms with E-state index >= 15 is 0 Å². The molecule has 35 heavy (non-hydrogen) atoms. The first kappa shape index (κ1) is 25.9.